The van der Waals surface area contributed by atoms with Gasteiger partial charge in [-0.25, -0.2) is 9.97 Å². The molecule has 3 nitrogen and oxygen atoms in total. The van der Waals surface area contributed by atoms with Crippen molar-refractivity contribution in [3.8, 4) is 11.1 Å². The van der Waals surface area contributed by atoms with E-state index >= 15 is 0 Å². The Balaban J connectivity index is 1.77. The van der Waals surface area contributed by atoms with Gasteiger partial charge < -0.3 is 0 Å². The van der Waals surface area contributed by atoms with Crippen molar-refractivity contribution in [1.29, 1.82) is 0 Å². The smallest absolute Gasteiger partial charge is 0.178 e. The Labute approximate surface area is 160 Å². The predicted molar refractivity (Wildman–Crippen MR) is 114 cm³/mol. The van der Waals surface area contributed by atoms with Crippen LogP contribution in [0.5, 0.6) is 0 Å². The molecule has 3 aromatic heterocycles. The van der Waals surface area contributed by atoms with E-state index in [1.165, 1.54) is 43.9 Å². The molecule has 1 aliphatic rings. The number of benzene rings is 3. The Morgan fingerprint density at radius 2 is 1.57 bits per heavy atom. The predicted octanol–water partition coefficient (Wildman–Crippen LogP) is 5.76. The second-order valence-corrected chi connectivity index (χ2v) is 7.48. The third kappa shape index (κ3) is 1.65. The summed E-state index contributed by atoms with van der Waals surface area (Å²) in [6.45, 7) is 0. The van der Waals surface area contributed by atoms with Crippen LogP contribution in [0.15, 0.2) is 79.0 Å². The molecule has 0 N–H and O–H groups in total. The van der Waals surface area contributed by atoms with Crippen LogP contribution in [0.3, 0.4) is 0 Å². The molecule has 3 heterocycles. The molecule has 0 atom stereocenters. The van der Waals surface area contributed by atoms with Gasteiger partial charge in [0, 0.05) is 17.0 Å². The third-order valence-electron chi connectivity index (χ3n) is 6.07. The second kappa shape index (κ2) is 4.96. The topological polar surface area (TPSA) is 30.2 Å². The van der Waals surface area contributed by atoms with E-state index in [2.05, 4.69) is 76.1 Å². The fourth-order valence-corrected chi connectivity index (χ4v) is 4.92. The average Bonchev–Trinajstić information content (AvgIpc) is 3.32. The van der Waals surface area contributed by atoms with Gasteiger partial charge in [-0.3, -0.25) is 4.40 Å². The Bertz CT molecular complexity index is 1590. The van der Waals surface area contributed by atoms with Crippen molar-refractivity contribution in [2.75, 3.05) is 0 Å². The number of pyridine rings is 2. The van der Waals surface area contributed by atoms with Crippen molar-refractivity contribution < 1.29 is 0 Å². The van der Waals surface area contributed by atoms with Crippen molar-refractivity contribution in [2.24, 2.45) is 0 Å². The maximum atomic E-state index is 4.92. The number of nitrogens with zero attached hydrogens (tertiary/aromatic N) is 3. The summed E-state index contributed by atoms with van der Waals surface area (Å²) in [7, 11) is 0. The summed E-state index contributed by atoms with van der Waals surface area (Å²) >= 11 is 0. The summed E-state index contributed by atoms with van der Waals surface area (Å²) < 4.78 is 2.26. The number of hydrogen-bond donors (Lipinski definition) is 0. The first-order chi connectivity index (χ1) is 13.9. The number of rotatable bonds is 0. The van der Waals surface area contributed by atoms with E-state index in [4.69, 9.17) is 4.98 Å². The van der Waals surface area contributed by atoms with Crippen LogP contribution >= 0.6 is 0 Å². The first kappa shape index (κ1) is 14.4. The van der Waals surface area contributed by atoms with Gasteiger partial charge in [0.05, 0.1) is 11.0 Å². The average molecular weight is 357 g/mol. The van der Waals surface area contributed by atoms with Gasteiger partial charge in [-0.05, 0) is 58.3 Å². The Morgan fingerprint density at radius 3 is 2.57 bits per heavy atom. The van der Waals surface area contributed by atoms with Crippen molar-refractivity contribution in [1.82, 2.24) is 14.4 Å². The van der Waals surface area contributed by atoms with Gasteiger partial charge in [0.15, 0.2) is 5.65 Å². The molecule has 0 aliphatic heterocycles. The van der Waals surface area contributed by atoms with E-state index in [1.807, 2.05) is 12.3 Å². The number of aromatic nitrogens is 3. The molecule has 3 heteroatoms. The molecular formula is C25H15N3. The molecule has 0 radical (unpaired) electrons. The van der Waals surface area contributed by atoms with Gasteiger partial charge >= 0.3 is 0 Å². The zero-order chi connectivity index (χ0) is 18.2. The lowest BCUT2D eigenvalue weighted by Crippen LogP contribution is -1.94. The molecule has 28 heavy (non-hydrogen) atoms. The molecule has 0 saturated carbocycles. The fraction of sp³-hybridized carbons (Fsp3) is 0.0400. The lowest BCUT2D eigenvalue weighted by molar-refractivity contribution is 1.28. The van der Waals surface area contributed by atoms with Crippen LogP contribution in [0.1, 0.15) is 11.1 Å². The summed E-state index contributed by atoms with van der Waals surface area (Å²) in [5.41, 5.74) is 9.56. The summed E-state index contributed by atoms with van der Waals surface area (Å²) in [6.07, 6.45) is 2.79. The van der Waals surface area contributed by atoms with E-state index < -0.39 is 0 Å². The first-order valence-electron chi connectivity index (χ1n) is 9.58. The van der Waals surface area contributed by atoms with Gasteiger partial charge in [-0.1, -0.05) is 48.5 Å². The second-order valence-electron chi connectivity index (χ2n) is 7.48. The fourth-order valence-electron chi connectivity index (χ4n) is 4.92. The third-order valence-corrected chi connectivity index (χ3v) is 6.07. The van der Waals surface area contributed by atoms with Crippen LogP contribution in [-0.2, 0) is 6.42 Å². The molecule has 130 valence electrons. The number of hydrogen-bond acceptors (Lipinski definition) is 2. The Kier molecular flexibility index (Phi) is 2.54. The van der Waals surface area contributed by atoms with Crippen molar-refractivity contribution in [3.63, 3.8) is 0 Å². The summed E-state index contributed by atoms with van der Waals surface area (Å²) in [5.74, 6) is 0. The molecule has 1 aliphatic carbocycles. The van der Waals surface area contributed by atoms with Crippen molar-refractivity contribution in [2.45, 2.75) is 6.42 Å². The van der Waals surface area contributed by atoms with Crippen LogP contribution in [0, 0.1) is 0 Å². The zero-order valence-electron chi connectivity index (χ0n) is 15.1. The van der Waals surface area contributed by atoms with Gasteiger partial charge in [0.2, 0.25) is 0 Å². The highest BCUT2D eigenvalue weighted by atomic mass is 15.1. The Morgan fingerprint density at radius 1 is 0.714 bits per heavy atom. The van der Waals surface area contributed by atoms with Crippen LogP contribution in [0.25, 0.3) is 49.6 Å². The maximum Gasteiger partial charge on any atom is 0.178 e. The summed E-state index contributed by atoms with van der Waals surface area (Å²) in [5, 5.41) is 3.80. The minimum Gasteiger partial charge on any atom is -0.290 e. The molecule has 0 spiro atoms. The van der Waals surface area contributed by atoms with E-state index in [1.54, 1.807) is 0 Å². The highest BCUT2D eigenvalue weighted by Crippen LogP contribution is 2.43. The molecule has 0 unspecified atom stereocenters. The van der Waals surface area contributed by atoms with Crippen molar-refractivity contribution in [3.05, 3.63) is 90.1 Å². The van der Waals surface area contributed by atoms with Gasteiger partial charge in [0.1, 0.15) is 5.65 Å². The molecule has 0 bridgehead atoms. The van der Waals surface area contributed by atoms with Crippen LogP contribution in [-0.4, -0.2) is 14.4 Å². The van der Waals surface area contributed by atoms with E-state index in [0.717, 1.165) is 23.2 Å². The molecule has 6 aromatic rings. The maximum absolute atomic E-state index is 4.92. The minimum absolute atomic E-state index is 0.795. The van der Waals surface area contributed by atoms with Gasteiger partial charge in [-0.2, -0.15) is 0 Å². The Hall–Kier alpha value is -3.72. The first-order valence-corrected chi connectivity index (χ1v) is 9.58. The summed E-state index contributed by atoms with van der Waals surface area (Å²) in [6, 6.07) is 26.0. The number of fused-ring (bicyclic) bond motifs is 12. The molecular weight excluding hydrogens is 342 g/mol. The number of imidazole rings is 1. The normalized spacial score (nSPS) is 12.9. The van der Waals surface area contributed by atoms with E-state index in [-0.39, 0.29) is 0 Å². The van der Waals surface area contributed by atoms with Crippen molar-refractivity contribution >= 4 is 38.5 Å². The van der Waals surface area contributed by atoms with Gasteiger partial charge in [0.25, 0.3) is 0 Å². The molecule has 3 aromatic carbocycles. The molecule has 7 rings (SSSR count). The molecule has 0 saturated heterocycles. The van der Waals surface area contributed by atoms with E-state index in [9.17, 15) is 0 Å². The largest absolute Gasteiger partial charge is 0.290 e. The summed E-state index contributed by atoms with van der Waals surface area (Å²) in [4.78, 5) is 9.42. The SMILES string of the molecule is c1ccc2c(c1)Cc1c-2ccc2c1c1ccccc1n1c3cccnc3nc21. The van der Waals surface area contributed by atoms with Gasteiger partial charge in [-0.15, -0.1) is 0 Å². The lowest BCUT2D eigenvalue weighted by Gasteiger charge is -2.12. The zero-order valence-corrected chi connectivity index (χ0v) is 15.1. The minimum atomic E-state index is 0.795. The van der Waals surface area contributed by atoms with Crippen LogP contribution < -0.4 is 0 Å². The highest BCUT2D eigenvalue weighted by Gasteiger charge is 2.23. The van der Waals surface area contributed by atoms with Crippen LogP contribution in [0.4, 0.5) is 0 Å². The van der Waals surface area contributed by atoms with E-state index in [0.29, 0.717) is 0 Å². The molecule has 0 fully saturated rings. The lowest BCUT2D eigenvalue weighted by atomic mass is 9.96. The number of para-hydroxylation sites is 1. The van der Waals surface area contributed by atoms with Crippen LogP contribution in [0.2, 0.25) is 0 Å². The monoisotopic (exact) mass is 357 g/mol. The highest BCUT2D eigenvalue weighted by molar-refractivity contribution is 6.17. The quantitative estimate of drug-likeness (QED) is 0.323. The standard InChI is InChI=1S/C25H15N3/c1-2-7-16-15(6-1)14-20-17(16)11-12-19-23(20)18-8-3-4-9-21(18)28-22-10-5-13-26-24(22)27-25(19)28/h1-13H,14H2. The molecule has 0 amide bonds.